The monoisotopic (exact) mass is 500 g/mol. The van der Waals surface area contributed by atoms with Crippen LogP contribution in [-0.2, 0) is 4.74 Å². The van der Waals surface area contributed by atoms with E-state index in [-0.39, 0.29) is 12.1 Å². The number of rotatable bonds is 15. The first-order valence-electron chi connectivity index (χ1n) is 14.1. The number of hydrogen-bond acceptors (Lipinski definition) is 3. The molecular formula is C34H44O3. The minimum atomic E-state index is -0.333. The molecule has 0 aliphatic heterocycles. The molecule has 0 N–H and O–H groups in total. The third kappa shape index (κ3) is 8.86. The second-order valence-electron chi connectivity index (χ2n) is 10.1. The van der Waals surface area contributed by atoms with Gasteiger partial charge in [-0.05, 0) is 72.2 Å². The lowest BCUT2D eigenvalue weighted by Crippen LogP contribution is -2.08. The molecule has 0 aromatic heterocycles. The maximum Gasteiger partial charge on any atom is 0.343 e. The molecule has 0 saturated heterocycles. The lowest BCUT2D eigenvalue weighted by atomic mass is 9.89. The molecule has 3 nitrogen and oxygen atoms in total. The maximum atomic E-state index is 12.7. The summed E-state index contributed by atoms with van der Waals surface area (Å²) in [6.45, 7) is 6.55. The summed E-state index contributed by atoms with van der Waals surface area (Å²) in [7, 11) is 1.71. The fraction of sp³-hybridized carbons (Fsp3) is 0.441. The van der Waals surface area contributed by atoms with Crippen LogP contribution < -0.4 is 4.74 Å². The summed E-state index contributed by atoms with van der Waals surface area (Å²) < 4.78 is 11.1. The summed E-state index contributed by atoms with van der Waals surface area (Å²) in [5.74, 6) is 0.844. The molecule has 3 aromatic rings. The van der Waals surface area contributed by atoms with Crippen molar-refractivity contribution in [1.29, 1.82) is 0 Å². The van der Waals surface area contributed by atoms with Crippen LogP contribution in [0.15, 0.2) is 72.8 Å². The fourth-order valence-corrected chi connectivity index (χ4v) is 4.85. The van der Waals surface area contributed by atoms with Gasteiger partial charge in [0.2, 0.25) is 0 Å². The Kier molecular flexibility index (Phi) is 11.9. The topological polar surface area (TPSA) is 35.5 Å². The minimum Gasteiger partial charge on any atom is -0.423 e. The highest BCUT2D eigenvalue weighted by Gasteiger charge is 2.13. The molecule has 0 aliphatic carbocycles. The highest BCUT2D eigenvalue weighted by molar-refractivity contribution is 5.91. The zero-order valence-corrected chi connectivity index (χ0v) is 23.2. The first kappa shape index (κ1) is 28.7. The van der Waals surface area contributed by atoms with Gasteiger partial charge in [0.05, 0.1) is 11.7 Å². The van der Waals surface area contributed by atoms with E-state index < -0.39 is 0 Å². The van der Waals surface area contributed by atoms with Crippen LogP contribution in [0.4, 0.5) is 0 Å². The highest BCUT2D eigenvalue weighted by atomic mass is 16.5. The van der Waals surface area contributed by atoms with E-state index >= 15 is 0 Å². The van der Waals surface area contributed by atoms with Crippen molar-refractivity contribution in [2.75, 3.05) is 7.11 Å². The molecule has 2 unspecified atom stereocenters. The van der Waals surface area contributed by atoms with Gasteiger partial charge < -0.3 is 9.47 Å². The zero-order chi connectivity index (χ0) is 26.5. The van der Waals surface area contributed by atoms with Crippen LogP contribution in [0.5, 0.6) is 5.75 Å². The van der Waals surface area contributed by atoms with Gasteiger partial charge in [-0.3, -0.25) is 0 Å². The Hall–Kier alpha value is -2.91. The summed E-state index contributed by atoms with van der Waals surface area (Å²) in [5.41, 5.74) is 5.20. The third-order valence-corrected chi connectivity index (χ3v) is 7.29. The Morgan fingerprint density at radius 2 is 1.24 bits per heavy atom. The van der Waals surface area contributed by atoms with Crippen molar-refractivity contribution in [3.05, 3.63) is 89.5 Å². The van der Waals surface area contributed by atoms with Gasteiger partial charge in [-0.25, -0.2) is 4.79 Å². The molecular weight excluding hydrogens is 456 g/mol. The molecule has 37 heavy (non-hydrogen) atoms. The predicted molar refractivity (Wildman–Crippen MR) is 154 cm³/mol. The highest BCUT2D eigenvalue weighted by Crippen LogP contribution is 2.29. The van der Waals surface area contributed by atoms with Gasteiger partial charge in [0, 0.05) is 7.11 Å². The number of benzene rings is 3. The van der Waals surface area contributed by atoms with Crippen molar-refractivity contribution in [3.63, 3.8) is 0 Å². The summed E-state index contributed by atoms with van der Waals surface area (Å²) in [6, 6.07) is 24.1. The number of ether oxygens (including phenoxy) is 2. The number of hydrogen-bond donors (Lipinski definition) is 0. The van der Waals surface area contributed by atoms with Crippen LogP contribution in [0, 0.1) is 0 Å². The van der Waals surface area contributed by atoms with Gasteiger partial charge in [-0.15, -0.1) is 0 Å². The Balaban J connectivity index is 1.55. The molecule has 3 heteroatoms. The van der Waals surface area contributed by atoms with Crippen molar-refractivity contribution in [2.24, 2.45) is 0 Å². The van der Waals surface area contributed by atoms with Crippen LogP contribution in [0.1, 0.15) is 112 Å². The smallest absolute Gasteiger partial charge is 0.343 e. The molecule has 3 rings (SSSR count). The van der Waals surface area contributed by atoms with Crippen LogP contribution in [0.3, 0.4) is 0 Å². The molecule has 0 heterocycles. The first-order valence-corrected chi connectivity index (χ1v) is 14.1. The molecule has 0 aliphatic rings. The average Bonchev–Trinajstić information content (AvgIpc) is 2.94. The molecule has 0 spiro atoms. The molecule has 2 atom stereocenters. The Labute approximate surface area is 224 Å². The molecule has 3 aromatic carbocycles. The number of esters is 1. The Bertz CT molecular complexity index is 1050. The van der Waals surface area contributed by atoms with E-state index in [1.165, 1.54) is 63.4 Å². The average molecular weight is 501 g/mol. The van der Waals surface area contributed by atoms with Crippen molar-refractivity contribution in [2.45, 2.75) is 90.6 Å². The summed E-state index contributed by atoms with van der Waals surface area (Å²) in [5, 5.41) is 0. The van der Waals surface area contributed by atoms with E-state index in [2.05, 4.69) is 50.2 Å². The lowest BCUT2D eigenvalue weighted by molar-refractivity contribution is 0.0734. The second-order valence-corrected chi connectivity index (χ2v) is 10.1. The van der Waals surface area contributed by atoms with Crippen molar-refractivity contribution in [1.82, 2.24) is 0 Å². The number of unbranched alkanes of at least 4 members (excludes halogenated alkanes) is 5. The SMILES string of the molecule is CCCCCCCCC(CCC)c1ccc(OC(=O)c2ccc(-c3ccc(C(C)OC)cc3)cc2)cc1. The Morgan fingerprint density at radius 1 is 0.676 bits per heavy atom. The van der Waals surface area contributed by atoms with Crippen LogP contribution in [-0.4, -0.2) is 13.1 Å². The van der Waals surface area contributed by atoms with Gasteiger partial charge in [0.1, 0.15) is 5.75 Å². The van der Waals surface area contributed by atoms with Gasteiger partial charge in [-0.1, -0.05) is 107 Å². The van der Waals surface area contributed by atoms with Crippen LogP contribution in [0.2, 0.25) is 0 Å². The predicted octanol–water partition coefficient (Wildman–Crippen LogP) is 9.91. The van der Waals surface area contributed by atoms with Gasteiger partial charge in [0.15, 0.2) is 0 Å². The number of carbonyl (C=O) groups excluding carboxylic acids is 1. The fourth-order valence-electron chi connectivity index (χ4n) is 4.85. The van der Waals surface area contributed by atoms with Gasteiger partial charge >= 0.3 is 5.97 Å². The summed E-state index contributed by atoms with van der Waals surface area (Å²) >= 11 is 0. The molecule has 198 valence electrons. The van der Waals surface area contributed by atoms with E-state index in [4.69, 9.17) is 9.47 Å². The van der Waals surface area contributed by atoms with E-state index in [1.807, 2.05) is 43.3 Å². The number of carbonyl (C=O) groups is 1. The quantitative estimate of drug-likeness (QED) is 0.118. The largest absolute Gasteiger partial charge is 0.423 e. The van der Waals surface area contributed by atoms with Crippen LogP contribution >= 0.6 is 0 Å². The van der Waals surface area contributed by atoms with Crippen molar-refractivity contribution >= 4 is 5.97 Å². The van der Waals surface area contributed by atoms with E-state index in [0.717, 1.165) is 16.7 Å². The molecule has 0 saturated carbocycles. The van der Waals surface area contributed by atoms with E-state index in [0.29, 0.717) is 17.2 Å². The molecule has 0 amide bonds. The van der Waals surface area contributed by atoms with Crippen molar-refractivity contribution < 1.29 is 14.3 Å². The summed E-state index contributed by atoms with van der Waals surface area (Å²) in [6.07, 6.45) is 11.7. The Morgan fingerprint density at radius 3 is 1.84 bits per heavy atom. The second kappa shape index (κ2) is 15.4. The van der Waals surface area contributed by atoms with E-state index in [9.17, 15) is 4.79 Å². The molecule has 0 radical (unpaired) electrons. The normalized spacial score (nSPS) is 12.8. The summed E-state index contributed by atoms with van der Waals surface area (Å²) in [4.78, 5) is 12.7. The van der Waals surface area contributed by atoms with Crippen LogP contribution in [0.25, 0.3) is 11.1 Å². The lowest BCUT2D eigenvalue weighted by Gasteiger charge is -2.17. The molecule has 0 bridgehead atoms. The zero-order valence-electron chi connectivity index (χ0n) is 23.2. The van der Waals surface area contributed by atoms with Gasteiger partial charge in [-0.2, -0.15) is 0 Å². The van der Waals surface area contributed by atoms with Crippen molar-refractivity contribution in [3.8, 4) is 16.9 Å². The maximum absolute atomic E-state index is 12.7. The van der Waals surface area contributed by atoms with E-state index in [1.54, 1.807) is 7.11 Å². The third-order valence-electron chi connectivity index (χ3n) is 7.29. The van der Waals surface area contributed by atoms with Gasteiger partial charge in [0.25, 0.3) is 0 Å². The standard InChI is InChI=1S/C34H44O3/c1-5-7-8-9-10-11-13-28(12-6-2)31-22-24-33(25-23-31)37-34(35)32-20-18-30(19-21-32)29-16-14-27(15-17-29)26(3)36-4/h14-26,28H,5-13H2,1-4H3. The number of methoxy groups -OCH3 is 1. The molecule has 0 fully saturated rings. The first-order chi connectivity index (χ1) is 18.0. The minimum absolute atomic E-state index is 0.0677.